The predicted molar refractivity (Wildman–Crippen MR) is 105 cm³/mol. The Labute approximate surface area is 155 Å². The quantitative estimate of drug-likeness (QED) is 0.778. The second-order valence-corrected chi connectivity index (χ2v) is 7.27. The molecule has 0 radical (unpaired) electrons. The third kappa shape index (κ3) is 3.36. The minimum atomic E-state index is -0.955. The number of hydrogen-bond donors (Lipinski definition) is 2. The van der Waals surface area contributed by atoms with Gasteiger partial charge in [-0.15, -0.1) is 0 Å². The highest BCUT2D eigenvalue weighted by molar-refractivity contribution is 6.17. The van der Waals surface area contributed by atoms with Gasteiger partial charge in [0.15, 0.2) is 0 Å². The predicted octanol–water partition coefficient (Wildman–Crippen LogP) is 4.53. The van der Waals surface area contributed by atoms with Crippen LogP contribution in [0.5, 0.6) is 0 Å². The fraction of sp³-hybridized carbons (Fsp3) is 0.364. The Kier molecular flexibility index (Phi) is 4.86. The van der Waals surface area contributed by atoms with Crippen LogP contribution in [0.1, 0.15) is 42.0 Å². The molecule has 0 atom stereocenters. The molecule has 0 unspecified atom stereocenters. The number of para-hydroxylation sites is 1. The summed E-state index contributed by atoms with van der Waals surface area (Å²) in [6.07, 6.45) is 2.00. The minimum absolute atomic E-state index is 0.204. The highest BCUT2D eigenvalue weighted by Gasteiger charge is 2.56. The Balaban J connectivity index is 1.79. The van der Waals surface area contributed by atoms with Gasteiger partial charge in [-0.05, 0) is 68.4 Å². The molecule has 0 bridgehead atoms. The molecule has 1 aliphatic rings. The first-order chi connectivity index (χ1) is 12.4. The topological polar surface area (TPSA) is 58.2 Å². The van der Waals surface area contributed by atoms with Crippen LogP contribution in [0.3, 0.4) is 0 Å². The lowest BCUT2D eigenvalue weighted by atomic mass is 10.0. The van der Waals surface area contributed by atoms with Crippen molar-refractivity contribution in [2.75, 3.05) is 10.6 Å². The van der Waals surface area contributed by atoms with Gasteiger partial charge in [-0.1, -0.05) is 37.3 Å². The van der Waals surface area contributed by atoms with E-state index in [1.165, 1.54) is 0 Å². The van der Waals surface area contributed by atoms with Gasteiger partial charge in [0.05, 0.1) is 0 Å². The van der Waals surface area contributed by atoms with Crippen LogP contribution in [0.15, 0.2) is 36.4 Å². The van der Waals surface area contributed by atoms with E-state index in [0.29, 0.717) is 12.8 Å². The fourth-order valence-electron chi connectivity index (χ4n) is 3.23. The Morgan fingerprint density at radius 2 is 1.65 bits per heavy atom. The van der Waals surface area contributed by atoms with Gasteiger partial charge in [-0.3, -0.25) is 9.59 Å². The number of benzene rings is 2. The molecule has 2 amide bonds. The largest absolute Gasteiger partial charge is 0.325 e. The molecular weight excluding hydrogens is 324 g/mol. The molecule has 0 aliphatic heterocycles. The van der Waals surface area contributed by atoms with Crippen LogP contribution >= 0.6 is 0 Å². The minimum Gasteiger partial charge on any atom is -0.325 e. The van der Waals surface area contributed by atoms with Gasteiger partial charge in [0.2, 0.25) is 11.8 Å². The lowest BCUT2D eigenvalue weighted by Crippen LogP contribution is -2.36. The summed E-state index contributed by atoms with van der Waals surface area (Å²) in [6.45, 7) is 7.98. The number of amides is 2. The van der Waals surface area contributed by atoms with Gasteiger partial charge in [0.1, 0.15) is 5.41 Å². The summed E-state index contributed by atoms with van der Waals surface area (Å²) in [7, 11) is 0. The number of hydrogen-bond acceptors (Lipinski definition) is 2. The van der Waals surface area contributed by atoms with Gasteiger partial charge < -0.3 is 10.6 Å². The van der Waals surface area contributed by atoms with Gasteiger partial charge in [-0.25, -0.2) is 0 Å². The van der Waals surface area contributed by atoms with Crippen molar-refractivity contribution in [3.8, 4) is 0 Å². The molecule has 26 heavy (non-hydrogen) atoms. The van der Waals surface area contributed by atoms with E-state index in [9.17, 15) is 9.59 Å². The van der Waals surface area contributed by atoms with Gasteiger partial charge in [0, 0.05) is 11.4 Å². The van der Waals surface area contributed by atoms with E-state index in [2.05, 4.69) is 17.6 Å². The van der Waals surface area contributed by atoms with Crippen molar-refractivity contribution < 1.29 is 9.59 Å². The first kappa shape index (κ1) is 18.2. The molecule has 1 fully saturated rings. The number of carbonyl (C=O) groups is 2. The molecule has 0 aromatic heterocycles. The summed E-state index contributed by atoms with van der Waals surface area (Å²) in [6, 6.07) is 11.9. The fourth-order valence-corrected chi connectivity index (χ4v) is 3.23. The standard InChI is InChI=1S/C22H26N2O2/c1-5-17-8-6-7-16(4)19(17)24-21(26)22(11-12-22)20(25)23-18-13-14(2)9-10-15(18)3/h6-10,13H,5,11-12H2,1-4H3,(H,23,25)(H,24,26). The van der Waals surface area contributed by atoms with Crippen molar-refractivity contribution in [1.82, 2.24) is 0 Å². The Bertz CT molecular complexity index is 866. The van der Waals surface area contributed by atoms with Gasteiger partial charge in [-0.2, -0.15) is 0 Å². The molecule has 4 heteroatoms. The first-order valence-corrected chi connectivity index (χ1v) is 9.16. The van der Waals surface area contributed by atoms with Crippen molar-refractivity contribution in [3.63, 3.8) is 0 Å². The molecule has 1 saturated carbocycles. The maximum atomic E-state index is 12.9. The van der Waals surface area contributed by atoms with E-state index in [-0.39, 0.29) is 11.8 Å². The molecule has 0 spiro atoms. The molecular formula is C22H26N2O2. The second-order valence-electron chi connectivity index (χ2n) is 7.27. The number of nitrogens with one attached hydrogen (secondary N) is 2. The summed E-state index contributed by atoms with van der Waals surface area (Å²) in [5.41, 5.74) is 4.83. The average molecular weight is 350 g/mol. The highest BCUT2D eigenvalue weighted by atomic mass is 16.2. The third-order valence-electron chi connectivity index (χ3n) is 5.24. The molecule has 2 aromatic carbocycles. The monoisotopic (exact) mass is 350 g/mol. The van der Waals surface area contributed by atoms with Crippen molar-refractivity contribution >= 4 is 23.2 Å². The van der Waals surface area contributed by atoms with Crippen LogP contribution < -0.4 is 10.6 Å². The molecule has 2 N–H and O–H groups in total. The van der Waals surface area contributed by atoms with E-state index >= 15 is 0 Å². The maximum Gasteiger partial charge on any atom is 0.240 e. The zero-order valence-electron chi connectivity index (χ0n) is 15.9. The Morgan fingerprint density at radius 1 is 0.962 bits per heavy atom. The molecule has 2 aromatic rings. The van der Waals surface area contributed by atoms with Crippen LogP contribution in [0.4, 0.5) is 11.4 Å². The molecule has 136 valence electrons. The first-order valence-electron chi connectivity index (χ1n) is 9.16. The lowest BCUT2D eigenvalue weighted by molar-refractivity contribution is -0.131. The van der Waals surface area contributed by atoms with Crippen molar-refractivity contribution in [3.05, 3.63) is 58.7 Å². The number of rotatable bonds is 5. The summed E-state index contributed by atoms with van der Waals surface area (Å²) in [5, 5.41) is 5.99. The van der Waals surface area contributed by atoms with E-state index in [1.807, 2.05) is 57.2 Å². The molecule has 0 heterocycles. The molecule has 4 nitrogen and oxygen atoms in total. The lowest BCUT2D eigenvalue weighted by Gasteiger charge is -2.19. The van der Waals surface area contributed by atoms with Gasteiger partial charge in [0.25, 0.3) is 0 Å². The zero-order valence-corrected chi connectivity index (χ0v) is 15.9. The maximum absolute atomic E-state index is 12.9. The second kappa shape index (κ2) is 6.94. The van der Waals surface area contributed by atoms with Crippen LogP contribution in [0.25, 0.3) is 0 Å². The highest BCUT2D eigenvalue weighted by Crippen LogP contribution is 2.48. The van der Waals surface area contributed by atoms with E-state index < -0.39 is 5.41 Å². The molecule has 3 rings (SSSR count). The molecule has 1 aliphatic carbocycles. The number of anilines is 2. The third-order valence-corrected chi connectivity index (χ3v) is 5.24. The van der Waals surface area contributed by atoms with Crippen LogP contribution in [0, 0.1) is 26.2 Å². The van der Waals surface area contributed by atoms with Crippen LogP contribution in [-0.2, 0) is 16.0 Å². The Morgan fingerprint density at radius 3 is 2.31 bits per heavy atom. The summed E-state index contributed by atoms with van der Waals surface area (Å²) >= 11 is 0. The smallest absolute Gasteiger partial charge is 0.240 e. The van der Waals surface area contributed by atoms with E-state index in [4.69, 9.17) is 0 Å². The SMILES string of the molecule is CCc1cccc(C)c1NC(=O)C1(C(=O)Nc2cc(C)ccc2C)CC1. The van der Waals surface area contributed by atoms with Crippen molar-refractivity contribution in [2.45, 2.75) is 47.0 Å². The Hall–Kier alpha value is -2.62. The van der Waals surface area contributed by atoms with E-state index in [0.717, 1.165) is 40.0 Å². The van der Waals surface area contributed by atoms with Crippen molar-refractivity contribution in [1.29, 1.82) is 0 Å². The number of aryl methyl sites for hydroxylation is 4. The normalized spacial score (nSPS) is 14.6. The van der Waals surface area contributed by atoms with E-state index in [1.54, 1.807) is 0 Å². The van der Waals surface area contributed by atoms with Crippen LogP contribution in [-0.4, -0.2) is 11.8 Å². The summed E-state index contributed by atoms with van der Waals surface area (Å²) in [4.78, 5) is 25.8. The van der Waals surface area contributed by atoms with Crippen molar-refractivity contribution in [2.24, 2.45) is 5.41 Å². The summed E-state index contributed by atoms with van der Waals surface area (Å²) < 4.78 is 0. The van der Waals surface area contributed by atoms with Gasteiger partial charge >= 0.3 is 0 Å². The number of carbonyl (C=O) groups excluding carboxylic acids is 2. The zero-order chi connectivity index (χ0) is 18.9. The van der Waals surface area contributed by atoms with Crippen LogP contribution in [0.2, 0.25) is 0 Å². The average Bonchev–Trinajstić information content (AvgIpc) is 3.42. The molecule has 0 saturated heterocycles. The summed E-state index contributed by atoms with van der Waals surface area (Å²) in [5.74, 6) is -0.417.